The molecule has 1 saturated carbocycles. The molecule has 6 aliphatic heterocycles. The highest BCUT2D eigenvalue weighted by Gasteiger charge is 2.51. The first-order chi connectivity index (χ1) is 40.1. The number of phenolic OH excluding ortho intramolecular Hbond substituents is 1. The summed E-state index contributed by atoms with van der Waals surface area (Å²) in [5.74, 6) is 5.10. The molecule has 3 aliphatic carbocycles. The number of allylic oxidation sites excluding steroid dienone is 1. The molecule has 2 fully saturated rings. The first kappa shape index (κ1) is 57.4. The lowest BCUT2D eigenvalue weighted by Crippen LogP contribution is -2.48. The van der Waals surface area contributed by atoms with Gasteiger partial charge in [-0.25, -0.2) is 4.99 Å². The van der Waals surface area contributed by atoms with E-state index in [0.29, 0.717) is 61.8 Å². The number of hydrogen-bond acceptors (Lipinski definition) is 10. The van der Waals surface area contributed by atoms with Crippen LogP contribution >= 0.6 is 0 Å². The summed E-state index contributed by atoms with van der Waals surface area (Å²) in [5, 5.41) is 47.4. The van der Waals surface area contributed by atoms with Gasteiger partial charge in [0.15, 0.2) is 5.96 Å². The summed E-state index contributed by atoms with van der Waals surface area (Å²) >= 11 is 0. The van der Waals surface area contributed by atoms with Gasteiger partial charge >= 0.3 is 0 Å². The number of phenols is 1. The molecule has 10 bridgehead atoms. The molecule has 14 heteroatoms. The largest absolute Gasteiger partial charge is 0.508 e. The number of nitrogens with zero attached hydrogens (tertiary/aromatic N) is 1. The van der Waals surface area contributed by atoms with Crippen LogP contribution in [0.1, 0.15) is 176 Å². The van der Waals surface area contributed by atoms with Gasteiger partial charge in [0.2, 0.25) is 5.72 Å². The zero-order valence-corrected chi connectivity index (χ0v) is 48.5. The molecule has 9 aliphatic rings. The van der Waals surface area contributed by atoms with E-state index in [4.69, 9.17) is 25.9 Å². The van der Waals surface area contributed by atoms with Gasteiger partial charge in [-0.15, -0.1) is 0 Å². The van der Waals surface area contributed by atoms with E-state index >= 15 is 0 Å². The molecular weight excluding hydrogens is 1060 g/mol. The topological polar surface area (TPSA) is 230 Å². The van der Waals surface area contributed by atoms with Gasteiger partial charge in [0, 0.05) is 54.7 Å². The molecule has 0 amide bonds. The third-order valence-corrected chi connectivity index (χ3v) is 21.7. The smallest absolute Gasteiger partial charge is 0.268 e. The normalized spacial score (nSPS) is 31.3. The van der Waals surface area contributed by atoms with Gasteiger partial charge in [0.25, 0.3) is 10.1 Å². The molecule has 10 N–H and O–H groups in total. The zero-order chi connectivity index (χ0) is 57.6. The van der Waals surface area contributed by atoms with Crippen LogP contribution < -0.4 is 21.5 Å². The minimum atomic E-state index is -4.70. The van der Waals surface area contributed by atoms with Crippen molar-refractivity contribution in [2.45, 2.75) is 162 Å². The van der Waals surface area contributed by atoms with E-state index in [-0.39, 0.29) is 79.5 Å². The van der Waals surface area contributed by atoms with Crippen LogP contribution in [-0.4, -0.2) is 76.1 Å². The predicted octanol–water partition coefficient (Wildman–Crippen LogP) is 10.5. The van der Waals surface area contributed by atoms with Crippen molar-refractivity contribution in [1.82, 2.24) is 5.32 Å². The maximum atomic E-state index is 14.5. The lowest BCUT2D eigenvalue weighted by atomic mass is 9.64. The summed E-state index contributed by atoms with van der Waals surface area (Å²) in [6.07, 6.45) is 11.1. The van der Waals surface area contributed by atoms with Crippen molar-refractivity contribution >= 4 is 16.1 Å². The number of aliphatic hydroxyl groups is 3. The summed E-state index contributed by atoms with van der Waals surface area (Å²) in [4.78, 5) is 5.19. The number of aliphatic hydroxyl groups excluding tert-OH is 2. The molecule has 14 atom stereocenters. The van der Waals surface area contributed by atoms with E-state index in [1.54, 1.807) is 12.1 Å². The summed E-state index contributed by atoms with van der Waals surface area (Å²) in [5.41, 5.74) is 21.3. The molecule has 5 aromatic carbocycles. The van der Waals surface area contributed by atoms with Crippen LogP contribution in [0.15, 0.2) is 126 Å². The third-order valence-electron chi connectivity index (χ3n) is 20.4. The Morgan fingerprint density at radius 3 is 2.48 bits per heavy atom. The summed E-state index contributed by atoms with van der Waals surface area (Å²) in [6.45, 7) is 3.15. The Bertz CT molecular complexity index is 3410. The zero-order valence-electron chi connectivity index (χ0n) is 47.7. The summed E-state index contributed by atoms with van der Waals surface area (Å²) < 4.78 is 55.4. The average Bonchev–Trinajstić information content (AvgIpc) is 2.96. The number of aryl methyl sites for hydroxylation is 1. The number of nitrogens with two attached hydrogens (primary N) is 2. The second-order valence-corrected chi connectivity index (χ2v) is 27.3. The number of hydrogen-bond donors (Lipinski definition) is 8. The van der Waals surface area contributed by atoms with Gasteiger partial charge in [-0.2, -0.15) is 8.42 Å². The van der Waals surface area contributed by atoms with Crippen molar-refractivity contribution in [2.24, 2.45) is 46.0 Å². The number of guanidine groups is 1. The van der Waals surface area contributed by atoms with Crippen LogP contribution in [0.5, 0.6) is 11.5 Å². The SMILES string of the molecule is C[C@@H]1CCc2cc3ccc2[C@H]1C[C@@H](S(=O)(=O)O)[C@H]1C=C2C[C@H](C[C@H]4C[C@@H](CO)CC#Cc5cc(O)ccc5[C@@H]2O4)[C@@H]1c1ccc(cc1)[C@@](C[C@H](Cc1ccccc1)[C@@]1(O)CCC[C@H](c2ccc4c(c2)[C@H](CCCO)NCC4)C1)(N=C(N)N)O3. The van der Waals surface area contributed by atoms with Gasteiger partial charge in [-0.3, -0.25) is 4.55 Å². The highest BCUT2D eigenvalue weighted by atomic mass is 32.2. The van der Waals surface area contributed by atoms with E-state index in [0.717, 1.165) is 84.9 Å². The molecule has 5 aromatic rings. The number of benzene rings is 5. The van der Waals surface area contributed by atoms with E-state index in [2.05, 4.69) is 84.8 Å². The quantitative estimate of drug-likeness (QED) is 0.0192. The number of aromatic hydroxyl groups is 1. The van der Waals surface area contributed by atoms with Crippen LogP contribution in [0.2, 0.25) is 0 Å². The van der Waals surface area contributed by atoms with Crippen molar-refractivity contribution < 1.29 is 42.9 Å². The maximum Gasteiger partial charge on any atom is 0.268 e. The summed E-state index contributed by atoms with van der Waals surface area (Å²) in [6, 6.07) is 36.7. The highest BCUT2D eigenvalue weighted by Crippen LogP contribution is 2.56. The Labute approximate surface area is 489 Å². The number of aliphatic imine (C=N–C) groups is 1. The Morgan fingerprint density at radius 2 is 1.70 bits per heavy atom. The monoisotopic (exact) mass is 1140 g/mol. The minimum Gasteiger partial charge on any atom is -0.508 e. The number of nitrogens with one attached hydrogen (secondary N) is 1. The number of fused-ring (bicyclic) bond motifs is 10. The molecule has 438 valence electrons. The van der Waals surface area contributed by atoms with E-state index in [1.807, 2.05) is 42.5 Å². The van der Waals surface area contributed by atoms with E-state index in [1.165, 1.54) is 16.7 Å². The van der Waals surface area contributed by atoms with Crippen molar-refractivity contribution in [3.05, 3.63) is 176 Å². The minimum absolute atomic E-state index is 0.0726. The van der Waals surface area contributed by atoms with Gasteiger partial charge in [-0.05, 0) is 207 Å². The standard InChI is InChI=1S/C69H82N4O9S/c1-42-14-15-49-34-56-23-25-58(49)60(42)38-64(83(78,79)80)62-37-52-32-51(35-57-31-44(41-75)10-5-11-48-33-55(76)22-24-59(48)66(52)81-57)65(62)46-18-20-53(21-19-46)69(82-56,73-67(70)71)40-54(30-43-8-3-2-4-9-43)68(77)27-6-12-50(39-68)47-17-16-45-26-28-72-63(13-7-29-74)61(45)36-47/h2-4,8-9,16-25,33-34,36-37,42,44,50-51,54,57,60,62-66,72,74-77H,6-7,10,12-15,26-32,35,38-41H2,1H3,(H4,70,71,73)(H,78,79,80)/t42-,44+,50+,51-,54+,57-,60+,62-,63+,64-,65+,66-,68-,69+/m1/s1. The first-order valence-corrected chi connectivity index (χ1v) is 32.1. The van der Waals surface area contributed by atoms with Gasteiger partial charge in [0.05, 0.1) is 17.0 Å². The fourth-order valence-corrected chi connectivity index (χ4v) is 17.4. The lowest BCUT2D eigenvalue weighted by molar-refractivity contribution is -0.0834. The predicted molar refractivity (Wildman–Crippen MR) is 322 cm³/mol. The second-order valence-electron chi connectivity index (χ2n) is 25.6. The molecule has 0 aromatic heterocycles. The lowest BCUT2D eigenvalue weighted by Gasteiger charge is -2.46. The molecule has 0 spiro atoms. The van der Waals surface area contributed by atoms with Crippen molar-refractivity contribution in [3.8, 4) is 23.3 Å². The Balaban J connectivity index is 1.00. The molecule has 14 rings (SSSR count). The molecular formula is C69H82N4O9S. The Kier molecular flexibility index (Phi) is 16.5. The average molecular weight is 1140 g/mol. The maximum absolute atomic E-state index is 14.5. The molecule has 1 saturated heterocycles. The molecule has 0 radical (unpaired) electrons. The number of ether oxygens (including phenoxy) is 2. The van der Waals surface area contributed by atoms with Crippen LogP contribution in [0.25, 0.3) is 0 Å². The summed E-state index contributed by atoms with van der Waals surface area (Å²) in [7, 11) is -4.70. The highest BCUT2D eigenvalue weighted by molar-refractivity contribution is 7.86. The van der Waals surface area contributed by atoms with Crippen molar-refractivity contribution in [1.29, 1.82) is 0 Å². The van der Waals surface area contributed by atoms with E-state index in [9.17, 15) is 33.4 Å². The van der Waals surface area contributed by atoms with Crippen LogP contribution in [-0.2, 0) is 39.8 Å². The van der Waals surface area contributed by atoms with Gasteiger partial charge < -0.3 is 46.7 Å². The van der Waals surface area contributed by atoms with Gasteiger partial charge in [-0.1, -0.05) is 110 Å². The Hall–Kier alpha value is -6.02. The molecule has 6 heterocycles. The van der Waals surface area contributed by atoms with Crippen LogP contribution in [0.4, 0.5) is 0 Å². The Morgan fingerprint density at radius 1 is 0.892 bits per heavy atom. The fraction of sp³-hybridized carbons (Fsp3) is 0.493. The second kappa shape index (κ2) is 23.8. The van der Waals surface area contributed by atoms with Gasteiger partial charge in [0.1, 0.15) is 17.6 Å². The third kappa shape index (κ3) is 11.9. The van der Waals surface area contributed by atoms with Crippen LogP contribution in [0, 0.1) is 41.4 Å². The van der Waals surface area contributed by atoms with E-state index < -0.39 is 50.6 Å². The fourth-order valence-electron chi connectivity index (χ4n) is 16.3. The molecule has 83 heavy (non-hydrogen) atoms. The number of rotatable bonds is 12. The van der Waals surface area contributed by atoms with Crippen molar-refractivity contribution in [3.63, 3.8) is 0 Å². The van der Waals surface area contributed by atoms with Crippen LogP contribution in [0.3, 0.4) is 0 Å². The first-order valence-electron chi connectivity index (χ1n) is 30.6. The molecule has 13 nitrogen and oxygen atoms in total. The van der Waals surface area contributed by atoms with Crippen molar-refractivity contribution in [2.75, 3.05) is 19.8 Å². The molecule has 0 unspecified atom stereocenters.